The van der Waals surface area contributed by atoms with E-state index in [1.54, 1.807) is 6.20 Å². The number of halogens is 1. The third-order valence-corrected chi connectivity index (χ3v) is 4.40. The topological polar surface area (TPSA) is 68.5 Å². The van der Waals surface area contributed by atoms with Crippen molar-refractivity contribution >= 4 is 34.5 Å². The first-order valence-corrected chi connectivity index (χ1v) is 8.18. The molecule has 0 saturated heterocycles. The van der Waals surface area contributed by atoms with Crippen LogP contribution in [0.3, 0.4) is 0 Å². The fourth-order valence-electron chi connectivity index (χ4n) is 2.16. The number of amides is 1. The second kappa shape index (κ2) is 6.95. The molecule has 1 N–H and O–H groups in total. The normalized spacial score (nSPS) is 12.1. The summed E-state index contributed by atoms with van der Waals surface area (Å²) < 4.78 is 8.03. The van der Waals surface area contributed by atoms with E-state index in [1.807, 2.05) is 53.9 Å². The van der Waals surface area contributed by atoms with Crippen LogP contribution in [0.4, 0.5) is 4.79 Å². The van der Waals surface area contributed by atoms with Gasteiger partial charge in [-0.05, 0) is 41.1 Å². The van der Waals surface area contributed by atoms with Crippen LogP contribution >= 0.6 is 22.6 Å². The van der Waals surface area contributed by atoms with Gasteiger partial charge in [0.1, 0.15) is 10.3 Å². The van der Waals surface area contributed by atoms with Gasteiger partial charge in [0.2, 0.25) is 5.78 Å². The molecule has 0 radical (unpaired) electrons. The summed E-state index contributed by atoms with van der Waals surface area (Å²) in [7, 11) is 0. The van der Waals surface area contributed by atoms with Crippen LogP contribution in [0.2, 0.25) is 0 Å². The first-order chi connectivity index (χ1) is 11.1. The third-order valence-electron chi connectivity index (χ3n) is 3.33. The predicted molar refractivity (Wildman–Crippen MR) is 93.9 cm³/mol. The Labute approximate surface area is 147 Å². The highest BCUT2D eigenvalue weighted by molar-refractivity contribution is 14.1. The van der Waals surface area contributed by atoms with Crippen molar-refractivity contribution in [1.29, 1.82) is 0 Å². The van der Waals surface area contributed by atoms with Gasteiger partial charge in [-0.1, -0.05) is 30.3 Å². The van der Waals surface area contributed by atoms with Crippen molar-refractivity contribution in [2.75, 3.05) is 0 Å². The van der Waals surface area contributed by atoms with Crippen molar-refractivity contribution in [3.63, 3.8) is 0 Å². The number of ether oxygens (including phenoxy) is 1. The van der Waals surface area contributed by atoms with E-state index in [-0.39, 0.29) is 12.6 Å². The van der Waals surface area contributed by atoms with Crippen molar-refractivity contribution < 1.29 is 9.53 Å². The highest BCUT2D eigenvalue weighted by Gasteiger charge is 2.18. The Bertz CT molecular complexity index is 819. The number of rotatable bonds is 4. The maximum atomic E-state index is 11.9. The number of carbonyl (C=O) groups is 1. The molecule has 0 aliphatic rings. The van der Waals surface area contributed by atoms with Crippen LogP contribution in [0.1, 0.15) is 24.2 Å². The second-order valence-corrected chi connectivity index (χ2v) is 6.03. The van der Waals surface area contributed by atoms with Gasteiger partial charge < -0.3 is 10.1 Å². The van der Waals surface area contributed by atoms with E-state index in [1.165, 1.54) is 0 Å². The lowest BCUT2D eigenvalue weighted by Crippen LogP contribution is -2.28. The van der Waals surface area contributed by atoms with Crippen LogP contribution in [-0.2, 0) is 11.3 Å². The van der Waals surface area contributed by atoms with Gasteiger partial charge in [-0.2, -0.15) is 0 Å². The fourth-order valence-corrected chi connectivity index (χ4v) is 3.13. The van der Waals surface area contributed by atoms with E-state index in [0.29, 0.717) is 5.78 Å². The van der Waals surface area contributed by atoms with E-state index in [0.717, 1.165) is 15.0 Å². The van der Waals surface area contributed by atoms with Crippen LogP contribution in [-0.4, -0.2) is 20.5 Å². The van der Waals surface area contributed by atoms with Crippen LogP contribution in [0, 0.1) is 3.70 Å². The molecule has 2 heterocycles. The standard InChI is InChI=1S/C16H15IN4O2/c1-11(13-14(17)21-9-5-8-18-15(21)20-13)19-16(22)23-10-12-6-3-2-4-7-12/h2-9,11H,10H2,1H3,(H,19,22)/t11-/m1/s1. The van der Waals surface area contributed by atoms with Gasteiger partial charge >= 0.3 is 6.09 Å². The lowest BCUT2D eigenvalue weighted by Gasteiger charge is -2.12. The minimum atomic E-state index is -0.470. The molecular formula is C16H15IN4O2. The zero-order chi connectivity index (χ0) is 16.2. The summed E-state index contributed by atoms with van der Waals surface area (Å²) in [6.07, 6.45) is 3.11. The Morgan fingerprint density at radius 3 is 2.87 bits per heavy atom. The maximum absolute atomic E-state index is 11.9. The number of imidazole rings is 1. The molecule has 7 heteroatoms. The summed E-state index contributed by atoms with van der Waals surface area (Å²) in [6, 6.07) is 11.1. The zero-order valence-electron chi connectivity index (χ0n) is 12.4. The molecule has 1 atom stereocenters. The van der Waals surface area contributed by atoms with Gasteiger partial charge in [0, 0.05) is 12.4 Å². The van der Waals surface area contributed by atoms with Gasteiger partial charge in [0.25, 0.3) is 0 Å². The van der Waals surface area contributed by atoms with E-state index in [2.05, 4.69) is 37.9 Å². The molecule has 0 spiro atoms. The van der Waals surface area contributed by atoms with Crippen molar-refractivity contribution in [2.24, 2.45) is 0 Å². The number of nitrogens with zero attached hydrogens (tertiary/aromatic N) is 3. The molecule has 3 aromatic rings. The molecule has 0 saturated carbocycles. The molecule has 6 nitrogen and oxygen atoms in total. The van der Waals surface area contributed by atoms with Crippen molar-refractivity contribution in [2.45, 2.75) is 19.6 Å². The summed E-state index contributed by atoms with van der Waals surface area (Å²) >= 11 is 2.19. The monoisotopic (exact) mass is 422 g/mol. The predicted octanol–water partition coefficient (Wildman–Crippen LogP) is 3.32. The molecule has 0 fully saturated rings. The Morgan fingerprint density at radius 2 is 2.13 bits per heavy atom. The molecule has 1 amide bonds. The average molecular weight is 422 g/mol. The number of alkyl carbamates (subject to hydrolysis) is 1. The van der Waals surface area contributed by atoms with Gasteiger partial charge in [0.05, 0.1) is 11.7 Å². The van der Waals surface area contributed by atoms with Crippen molar-refractivity contribution in [3.05, 3.63) is 63.7 Å². The summed E-state index contributed by atoms with van der Waals surface area (Å²) in [5.41, 5.74) is 1.71. The second-order valence-electron chi connectivity index (χ2n) is 5.01. The Kier molecular flexibility index (Phi) is 4.75. The number of hydrogen-bond acceptors (Lipinski definition) is 4. The molecule has 3 rings (SSSR count). The number of hydrogen-bond donors (Lipinski definition) is 1. The largest absolute Gasteiger partial charge is 0.445 e. The van der Waals surface area contributed by atoms with Gasteiger partial charge in [-0.25, -0.2) is 14.8 Å². The van der Waals surface area contributed by atoms with Crippen LogP contribution in [0.25, 0.3) is 5.78 Å². The minimum Gasteiger partial charge on any atom is -0.445 e. The maximum Gasteiger partial charge on any atom is 0.407 e. The smallest absolute Gasteiger partial charge is 0.407 e. The molecule has 0 unspecified atom stereocenters. The number of aromatic nitrogens is 3. The summed E-state index contributed by atoms with van der Waals surface area (Å²) in [5.74, 6) is 0.609. The molecule has 118 valence electrons. The molecule has 2 aromatic heterocycles. The van der Waals surface area contributed by atoms with E-state index in [9.17, 15) is 4.79 Å². The first-order valence-electron chi connectivity index (χ1n) is 7.11. The molecule has 0 bridgehead atoms. The van der Waals surface area contributed by atoms with E-state index < -0.39 is 6.09 Å². The van der Waals surface area contributed by atoms with Gasteiger partial charge in [-0.3, -0.25) is 4.40 Å². The molecular weight excluding hydrogens is 407 g/mol. The quantitative estimate of drug-likeness (QED) is 0.656. The number of nitrogens with one attached hydrogen (secondary N) is 1. The minimum absolute atomic E-state index is 0.239. The lowest BCUT2D eigenvalue weighted by atomic mass is 10.2. The SMILES string of the molecule is C[C@@H](NC(=O)OCc1ccccc1)c1nc2ncccn2c1I. The summed E-state index contributed by atoms with van der Waals surface area (Å²) in [4.78, 5) is 20.6. The van der Waals surface area contributed by atoms with Crippen molar-refractivity contribution in [3.8, 4) is 0 Å². The molecule has 0 aliphatic heterocycles. The molecule has 1 aromatic carbocycles. The zero-order valence-corrected chi connectivity index (χ0v) is 14.6. The lowest BCUT2D eigenvalue weighted by molar-refractivity contribution is 0.136. The third kappa shape index (κ3) is 3.61. The number of benzene rings is 1. The van der Waals surface area contributed by atoms with Gasteiger partial charge in [-0.15, -0.1) is 0 Å². The Morgan fingerprint density at radius 1 is 1.35 bits per heavy atom. The fraction of sp³-hybridized carbons (Fsp3) is 0.188. The first kappa shape index (κ1) is 15.7. The van der Waals surface area contributed by atoms with Crippen LogP contribution < -0.4 is 5.32 Å². The number of fused-ring (bicyclic) bond motifs is 1. The van der Waals surface area contributed by atoms with Crippen molar-refractivity contribution in [1.82, 2.24) is 19.7 Å². The Hall–Kier alpha value is -2.16. The highest BCUT2D eigenvalue weighted by Crippen LogP contribution is 2.20. The summed E-state index contributed by atoms with van der Waals surface area (Å²) in [5, 5.41) is 2.80. The van der Waals surface area contributed by atoms with Gasteiger partial charge in [0.15, 0.2) is 0 Å². The Balaban J connectivity index is 1.64. The summed E-state index contributed by atoms with van der Waals surface area (Å²) in [6.45, 7) is 2.11. The van der Waals surface area contributed by atoms with Crippen LogP contribution in [0.15, 0.2) is 48.8 Å². The highest BCUT2D eigenvalue weighted by atomic mass is 127. The molecule has 23 heavy (non-hydrogen) atoms. The molecule has 0 aliphatic carbocycles. The van der Waals surface area contributed by atoms with E-state index in [4.69, 9.17) is 4.74 Å². The van der Waals surface area contributed by atoms with E-state index >= 15 is 0 Å². The van der Waals surface area contributed by atoms with Crippen LogP contribution in [0.5, 0.6) is 0 Å². The number of carbonyl (C=O) groups excluding carboxylic acids is 1. The average Bonchev–Trinajstić information content (AvgIpc) is 2.91.